The van der Waals surface area contributed by atoms with Gasteiger partial charge >= 0.3 is 0 Å². The molecule has 0 amide bonds. The van der Waals surface area contributed by atoms with Crippen LogP contribution in [0.4, 0.5) is 0 Å². The Hall–Kier alpha value is -1.22. The topological polar surface area (TPSA) is 44.5 Å². The van der Waals surface area contributed by atoms with Crippen LogP contribution in [0.15, 0.2) is 18.2 Å². The van der Waals surface area contributed by atoms with Crippen molar-refractivity contribution in [3.05, 3.63) is 23.8 Å². The highest BCUT2D eigenvalue weighted by Crippen LogP contribution is 2.36. The first-order valence-corrected chi connectivity index (χ1v) is 5.63. The van der Waals surface area contributed by atoms with Crippen LogP contribution < -0.4 is 15.2 Å². The molecular weight excluding hydrogens is 202 g/mol. The summed E-state index contributed by atoms with van der Waals surface area (Å²) in [6.07, 6.45) is 0. The fourth-order valence-corrected chi connectivity index (χ4v) is 1.75. The highest BCUT2D eigenvalue weighted by Gasteiger charge is 2.24. The summed E-state index contributed by atoms with van der Waals surface area (Å²) in [5.41, 5.74) is 7.35. The third kappa shape index (κ3) is 2.14. The average molecular weight is 221 g/mol. The summed E-state index contributed by atoms with van der Waals surface area (Å²) in [4.78, 5) is 0. The molecule has 0 saturated carbocycles. The minimum absolute atomic E-state index is 0.00308. The van der Waals surface area contributed by atoms with Gasteiger partial charge in [-0.1, -0.05) is 26.8 Å². The number of nitrogens with two attached hydrogens (primary N) is 1. The van der Waals surface area contributed by atoms with E-state index in [1.54, 1.807) is 0 Å². The summed E-state index contributed by atoms with van der Waals surface area (Å²) in [5.74, 6) is 1.62. The predicted octanol–water partition coefficient (Wildman–Crippen LogP) is 2.50. The molecule has 2 rings (SSSR count). The molecule has 0 aliphatic carbocycles. The van der Waals surface area contributed by atoms with Crippen molar-refractivity contribution in [1.82, 2.24) is 0 Å². The number of hydrogen-bond acceptors (Lipinski definition) is 3. The van der Waals surface area contributed by atoms with Gasteiger partial charge in [-0.25, -0.2) is 0 Å². The van der Waals surface area contributed by atoms with E-state index in [0.717, 1.165) is 17.1 Å². The fourth-order valence-electron chi connectivity index (χ4n) is 1.75. The molecule has 0 radical (unpaired) electrons. The van der Waals surface area contributed by atoms with E-state index in [0.29, 0.717) is 13.2 Å². The van der Waals surface area contributed by atoms with Gasteiger partial charge in [0.25, 0.3) is 0 Å². The zero-order valence-corrected chi connectivity index (χ0v) is 10.1. The van der Waals surface area contributed by atoms with Crippen LogP contribution in [0.5, 0.6) is 11.5 Å². The summed E-state index contributed by atoms with van der Waals surface area (Å²) in [7, 11) is 0. The maximum absolute atomic E-state index is 6.21. The van der Waals surface area contributed by atoms with Crippen LogP contribution in [-0.2, 0) is 0 Å². The number of rotatable bonds is 1. The molecule has 1 atom stereocenters. The number of benzene rings is 1. The van der Waals surface area contributed by atoms with Crippen LogP contribution >= 0.6 is 0 Å². The molecule has 0 bridgehead atoms. The summed E-state index contributed by atoms with van der Waals surface area (Å²) in [5, 5.41) is 0. The van der Waals surface area contributed by atoms with Crippen molar-refractivity contribution in [2.24, 2.45) is 11.1 Å². The van der Waals surface area contributed by atoms with Gasteiger partial charge in [-0.2, -0.15) is 0 Å². The van der Waals surface area contributed by atoms with Gasteiger partial charge in [0.05, 0.1) is 0 Å². The lowest BCUT2D eigenvalue weighted by Crippen LogP contribution is -2.26. The van der Waals surface area contributed by atoms with E-state index in [2.05, 4.69) is 20.8 Å². The van der Waals surface area contributed by atoms with Crippen LogP contribution in [0.3, 0.4) is 0 Å². The Kier molecular flexibility index (Phi) is 2.80. The minimum Gasteiger partial charge on any atom is -0.486 e. The Morgan fingerprint density at radius 1 is 1.12 bits per heavy atom. The van der Waals surface area contributed by atoms with Crippen molar-refractivity contribution in [1.29, 1.82) is 0 Å². The first-order valence-electron chi connectivity index (χ1n) is 5.63. The highest BCUT2D eigenvalue weighted by molar-refractivity contribution is 5.44. The van der Waals surface area contributed by atoms with Crippen molar-refractivity contribution in [2.75, 3.05) is 13.2 Å². The molecule has 1 aromatic carbocycles. The Balaban J connectivity index is 2.30. The second-order valence-corrected chi connectivity index (χ2v) is 5.25. The van der Waals surface area contributed by atoms with Crippen molar-refractivity contribution >= 4 is 0 Å². The molecule has 0 saturated heterocycles. The Morgan fingerprint density at radius 2 is 1.75 bits per heavy atom. The minimum atomic E-state index is 0.00308. The summed E-state index contributed by atoms with van der Waals surface area (Å²) in [6.45, 7) is 7.64. The Bertz CT molecular complexity index is 382. The molecule has 2 N–H and O–H groups in total. The Labute approximate surface area is 96.5 Å². The van der Waals surface area contributed by atoms with Gasteiger partial charge in [0.2, 0.25) is 0 Å². The molecular formula is C13H19NO2. The van der Waals surface area contributed by atoms with E-state index in [1.165, 1.54) is 0 Å². The van der Waals surface area contributed by atoms with Gasteiger partial charge in [-0.05, 0) is 23.1 Å². The largest absolute Gasteiger partial charge is 0.486 e. The maximum Gasteiger partial charge on any atom is 0.161 e. The van der Waals surface area contributed by atoms with Crippen LogP contribution in [0.1, 0.15) is 32.4 Å². The van der Waals surface area contributed by atoms with Crippen molar-refractivity contribution < 1.29 is 9.47 Å². The van der Waals surface area contributed by atoms with Crippen molar-refractivity contribution in [3.63, 3.8) is 0 Å². The molecule has 1 aromatic rings. The van der Waals surface area contributed by atoms with E-state index in [9.17, 15) is 0 Å². The quantitative estimate of drug-likeness (QED) is 0.792. The number of hydrogen-bond donors (Lipinski definition) is 1. The monoisotopic (exact) mass is 221 g/mol. The van der Waals surface area contributed by atoms with Gasteiger partial charge in [0.15, 0.2) is 11.5 Å². The van der Waals surface area contributed by atoms with E-state index in [1.807, 2.05) is 18.2 Å². The van der Waals surface area contributed by atoms with E-state index < -0.39 is 0 Å². The van der Waals surface area contributed by atoms with Crippen LogP contribution in [-0.4, -0.2) is 13.2 Å². The van der Waals surface area contributed by atoms with E-state index in [4.69, 9.17) is 15.2 Å². The van der Waals surface area contributed by atoms with Gasteiger partial charge in [0.1, 0.15) is 13.2 Å². The second kappa shape index (κ2) is 3.98. The summed E-state index contributed by atoms with van der Waals surface area (Å²) >= 11 is 0. The molecule has 3 heteroatoms. The highest BCUT2D eigenvalue weighted by atomic mass is 16.6. The molecule has 1 aliphatic rings. The van der Waals surface area contributed by atoms with Gasteiger partial charge < -0.3 is 15.2 Å². The van der Waals surface area contributed by atoms with Crippen molar-refractivity contribution in [3.8, 4) is 11.5 Å². The van der Waals surface area contributed by atoms with Crippen LogP contribution in [0.2, 0.25) is 0 Å². The van der Waals surface area contributed by atoms with Crippen LogP contribution in [0.25, 0.3) is 0 Å². The zero-order valence-electron chi connectivity index (χ0n) is 10.1. The summed E-state index contributed by atoms with van der Waals surface area (Å²) < 4.78 is 11.0. The van der Waals surface area contributed by atoms with E-state index >= 15 is 0 Å². The first kappa shape index (κ1) is 11.3. The number of fused-ring (bicyclic) bond motifs is 1. The zero-order chi connectivity index (χ0) is 11.8. The fraction of sp³-hybridized carbons (Fsp3) is 0.538. The molecule has 0 aromatic heterocycles. The lowest BCUT2D eigenvalue weighted by molar-refractivity contribution is 0.171. The summed E-state index contributed by atoms with van der Waals surface area (Å²) in [6, 6.07) is 5.95. The molecule has 3 nitrogen and oxygen atoms in total. The van der Waals surface area contributed by atoms with Gasteiger partial charge in [-0.15, -0.1) is 0 Å². The molecule has 16 heavy (non-hydrogen) atoms. The van der Waals surface area contributed by atoms with Crippen LogP contribution in [0, 0.1) is 5.41 Å². The van der Waals surface area contributed by atoms with E-state index in [-0.39, 0.29) is 11.5 Å². The SMILES string of the molecule is CC(C)(C)C(N)c1ccc2c(c1)OCCO2. The smallest absolute Gasteiger partial charge is 0.161 e. The third-order valence-electron chi connectivity index (χ3n) is 2.86. The molecule has 1 heterocycles. The molecule has 88 valence electrons. The lowest BCUT2D eigenvalue weighted by Gasteiger charge is -2.28. The molecule has 1 aliphatic heterocycles. The second-order valence-electron chi connectivity index (χ2n) is 5.25. The Morgan fingerprint density at radius 3 is 2.38 bits per heavy atom. The predicted molar refractivity (Wildman–Crippen MR) is 63.8 cm³/mol. The average Bonchev–Trinajstić information content (AvgIpc) is 2.26. The normalized spacial score (nSPS) is 17.0. The maximum atomic E-state index is 6.21. The third-order valence-corrected chi connectivity index (χ3v) is 2.86. The van der Waals surface area contributed by atoms with Gasteiger partial charge in [-0.3, -0.25) is 0 Å². The standard InChI is InChI=1S/C13H19NO2/c1-13(2,3)12(14)9-4-5-10-11(8-9)16-7-6-15-10/h4-5,8,12H,6-7,14H2,1-3H3. The lowest BCUT2D eigenvalue weighted by atomic mass is 9.83. The van der Waals surface area contributed by atoms with Crippen molar-refractivity contribution in [2.45, 2.75) is 26.8 Å². The molecule has 0 spiro atoms. The molecule has 0 fully saturated rings. The number of ether oxygens (including phenoxy) is 2. The molecule has 1 unspecified atom stereocenters. The first-order chi connectivity index (χ1) is 7.48. The van der Waals surface area contributed by atoms with Gasteiger partial charge in [0, 0.05) is 6.04 Å².